The Labute approximate surface area is 153 Å². The number of aliphatic carboxylic acids is 1. The van der Waals surface area contributed by atoms with Gasteiger partial charge in [-0.2, -0.15) is 5.10 Å². The number of hydrogen-bond acceptors (Lipinski definition) is 4. The summed E-state index contributed by atoms with van der Waals surface area (Å²) >= 11 is 0. The number of aromatic nitrogens is 2. The zero-order chi connectivity index (χ0) is 19.6. The number of likely N-dealkylation sites (N-methyl/N-ethyl adjacent to an activating group) is 1. The van der Waals surface area contributed by atoms with Crippen LogP contribution in [-0.4, -0.2) is 69.2 Å². The van der Waals surface area contributed by atoms with Crippen molar-refractivity contribution in [2.45, 2.75) is 46.1 Å². The average molecular weight is 364 g/mol. The predicted octanol–water partition coefficient (Wildman–Crippen LogP) is 1.34. The summed E-state index contributed by atoms with van der Waals surface area (Å²) in [6, 6.07) is 0. The van der Waals surface area contributed by atoms with E-state index in [1.54, 1.807) is 11.7 Å². The van der Waals surface area contributed by atoms with Crippen molar-refractivity contribution >= 4 is 17.8 Å². The Bertz CT molecular complexity index is 705. The minimum atomic E-state index is -0.878. The molecule has 0 saturated carbocycles. The fourth-order valence-electron chi connectivity index (χ4n) is 3.28. The van der Waals surface area contributed by atoms with Crippen molar-refractivity contribution < 1.29 is 19.5 Å². The van der Waals surface area contributed by atoms with E-state index in [0.29, 0.717) is 24.9 Å². The van der Waals surface area contributed by atoms with E-state index >= 15 is 0 Å². The monoisotopic (exact) mass is 364 g/mol. The fourth-order valence-corrected chi connectivity index (χ4v) is 3.28. The van der Waals surface area contributed by atoms with Gasteiger partial charge < -0.3 is 14.9 Å². The second-order valence-corrected chi connectivity index (χ2v) is 7.90. The molecular weight excluding hydrogens is 336 g/mol. The molecule has 0 aromatic carbocycles. The molecule has 1 N–H and O–H groups in total. The molecule has 2 rings (SSSR count). The van der Waals surface area contributed by atoms with Crippen molar-refractivity contribution in [3.8, 4) is 0 Å². The fraction of sp³-hybridized carbons (Fsp3) is 0.667. The Morgan fingerprint density at radius 1 is 1.35 bits per heavy atom. The maximum absolute atomic E-state index is 12.7. The van der Waals surface area contributed by atoms with Gasteiger partial charge in [0.25, 0.3) is 5.91 Å². The van der Waals surface area contributed by atoms with Gasteiger partial charge in [0.1, 0.15) is 0 Å². The number of nitrogens with zero attached hydrogens (tertiary/aromatic N) is 4. The summed E-state index contributed by atoms with van der Waals surface area (Å²) in [7, 11) is 1.58. The van der Waals surface area contributed by atoms with Crippen molar-refractivity contribution in [1.29, 1.82) is 0 Å². The van der Waals surface area contributed by atoms with Crippen molar-refractivity contribution in [3.05, 3.63) is 17.5 Å². The molecule has 2 amide bonds. The van der Waals surface area contributed by atoms with Gasteiger partial charge >= 0.3 is 5.97 Å². The summed E-state index contributed by atoms with van der Waals surface area (Å²) in [5.41, 5.74) is 0.986. The predicted molar refractivity (Wildman–Crippen MR) is 95.9 cm³/mol. The molecule has 1 aliphatic heterocycles. The maximum Gasteiger partial charge on any atom is 0.308 e. The number of likely N-dealkylation sites (tertiary alicyclic amines) is 1. The first-order valence-corrected chi connectivity index (χ1v) is 8.83. The smallest absolute Gasteiger partial charge is 0.308 e. The van der Waals surface area contributed by atoms with E-state index in [9.17, 15) is 14.4 Å². The van der Waals surface area contributed by atoms with Crippen LogP contribution in [0.3, 0.4) is 0 Å². The van der Waals surface area contributed by atoms with Crippen LogP contribution in [0.15, 0.2) is 6.20 Å². The van der Waals surface area contributed by atoms with Gasteiger partial charge in [-0.05, 0) is 40.5 Å². The van der Waals surface area contributed by atoms with E-state index < -0.39 is 11.9 Å². The lowest BCUT2D eigenvalue weighted by Crippen LogP contribution is -2.47. The molecule has 1 aliphatic rings. The summed E-state index contributed by atoms with van der Waals surface area (Å²) in [4.78, 5) is 39.2. The third kappa shape index (κ3) is 4.23. The van der Waals surface area contributed by atoms with E-state index in [2.05, 4.69) is 5.10 Å². The molecule has 1 aromatic rings. The third-order valence-corrected chi connectivity index (χ3v) is 4.72. The molecule has 2 heterocycles. The summed E-state index contributed by atoms with van der Waals surface area (Å²) in [6.07, 6.45) is 2.78. The zero-order valence-electron chi connectivity index (χ0n) is 16.2. The first kappa shape index (κ1) is 19.9. The van der Waals surface area contributed by atoms with Gasteiger partial charge in [0, 0.05) is 25.8 Å². The van der Waals surface area contributed by atoms with Crippen LogP contribution in [0, 0.1) is 12.8 Å². The third-order valence-electron chi connectivity index (χ3n) is 4.72. The lowest BCUT2D eigenvalue weighted by Gasteiger charge is -2.32. The van der Waals surface area contributed by atoms with E-state index in [-0.39, 0.29) is 30.4 Å². The van der Waals surface area contributed by atoms with Crippen LogP contribution in [0.1, 0.15) is 49.7 Å². The molecule has 0 spiro atoms. The Morgan fingerprint density at radius 2 is 2.00 bits per heavy atom. The molecule has 1 atom stereocenters. The lowest BCUT2D eigenvalue weighted by atomic mass is 9.98. The molecule has 1 unspecified atom stereocenters. The highest BCUT2D eigenvalue weighted by molar-refractivity contribution is 5.97. The van der Waals surface area contributed by atoms with Gasteiger partial charge in [0.15, 0.2) is 0 Å². The highest BCUT2D eigenvalue weighted by Gasteiger charge is 2.30. The molecule has 8 heteroatoms. The molecule has 1 fully saturated rings. The van der Waals surface area contributed by atoms with Gasteiger partial charge in [-0.3, -0.25) is 19.1 Å². The van der Waals surface area contributed by atoms with Crippen LogP contribution < -0.4 is 0 Å². The van der Waals surface area contributed by atoms with Crippen LogP contribution in [0.25, 0.3) is 0 Å². The summed E-state index contributed by atoms with van der Waals surface area (Å²) in [6.45, 7) is 8.51. The molecule has 144 valence electrons. The van der Waals surface area contributed by atoms with E-state index in [4.69, 9.17) is 5.11 Å². The Morgan fingerprint density at radius 3 is 2.54 bits per heavy atom. The minimum absolute atomic E-state index is 0.0781. The van der Waals surface area contributed by atoms with Crippen LogP contribution >= 0.6 is 0 Å². The largest absolute Gasteiger partial charge is 0.481 e. The van der Waals surface area contributed by atoms with E-state index in [1.807, 2.05) is 27.7 Å². The van der Waals surface area contributed by atoms with Crippen molar-refractivity contribution in [2.24, 2.45) is 5.92 Å². The molecule has 8 nitrogen and oxygen atoms in total. The van der Waals surface area contributed by atoms with Crippen LogP contribution in [0.5, 0.6) is 0 Å². The zero-order valence-corrected chi connectivity index (χ0v) is 16.2. The number of carbonyl (C=O) groups excluding carboxylic acids is 2. The molecule has 26 heavy (non-hydrogen) atoms. The SMILES string of the molecule is Cc1c(C(=O)N(C)CC(=O)N2CCCC(C(=O)O)C2)cnn1C(C)(C)C. The first-order valence-electron chi connectivity index (χ1n) is 8.83. The second kappa shape index (κ2) is 7.47. The van der Waals surface area contributed by atoms with Crippen molar-refractivity contribution in [1.82, 2.24) is 19.6 Å². The molecule has 0 radical (unpaired) electrons. The number of amides is 2. The van der Waals surface area contributed by atoms with Crippen LogP contribution in [0.4, 0.5) is 0 Å². The number of carbonyl (C=O) groups is 3. The normalized spacial score (nSPS) is 17.9. The molecule has 1 saturated heterocycles. The minimum Gasteiger partial charge on any atom is -0.481 e. The van der Waals surface area contributed by atoms with Gasteiger partial charge in [0.05, 0.1) is 29.8 Å². The Balaban J connectivity index is 2.04. The van der Waals surface area contributed by atoms with Crippen LogP contribution in [-0.2, 0) is 15.1 Å². The van der Waals surface area contributed by atoms with Gasteiger partial charge in [-0.25, -0.2) is 0 Å². The maximum atomic E-state index is 12.7. The second-order valence-electron chi connectivity index (χ2n) is 7.90. The van der Waals surface area contributed by atoms with Gasteiger partial charge in [0.2, 0.25) is 5.91 Å². The number of rotatable bonds is 4. The van der Waals surface area contributed by atoms with Crippen molar-refractivity contribution in [2.75, 3.05) is 26.7 Å². The Kier molecular flexibility index (Phi) is 5.73. The standard InChI is InChI=1S/C18H28N4O4/c1-12-14(9-19-22(12)18(2,3)4)16(24)20(5)11-15(23)21-8-6-7-13(10-21)17(25)26/h9,13H,6-8,10-11H2,1-5H3,(H,25,26). The number of piperidine rings is 1. The quantitative estimate of drug-likeness (QED) is 0.870. The van der Waals surface area contributed by atoms with Crippen LogP contribution in [0.2, 0.25) is 0 Å². The van der Waals surface area contributed by atoms with E-state index in [1.165, 1.54) is 16.0 Å². The van der Waals surface area contributed by atoms with Gasteiger partial charge in [-0.15, -0.1) is 0 Å². The van der Waals surface area contributed by atoms with Gasteiger partial charge in [-0.1, -0.05) is 0 Å². The number of carboxylic acid groups (broad SMARTS) is 1. The summed E-state index contributed by atoms with van der Waals surface area (Å²) in [5, 5.41) is 13.4. The topological polar surface area (TPSA) is 95.7 Å². The van der Waals surface area contributed by atoms with E-state index in [0.717, 1.165) is 5.69 Å². The number of hydrogen-bond donors (Lipinski definition) is 1. The molecule has 1 aromatic heterocycles. The molecule has 0 bridgehead atoms. The summed E-state index contributed by atoms with van der Waals surface area (Å²) in [5.74, 6) is -1.90. The number of carboxylic acids is 1. The average Bonchev–Trinajstić information content (AvgIpc) is 2.95. The molecule has 0 aliphatic carbocycles. The lowest BCUT2D eigenvalue weighted by molar-refractivity contribution is -0.145. The van der Waals surface area contributed by atoms with Crippen molar-refractivity contribution in [3.63, 3.8) is 0 Å². The highest BCUT2D eigenvalue weighted by Crippen LogP contribution is 2.20. The molecular formula is C18H28N4O4. The Hall–Kier alpha value is -2.38. The summed E-state index contributed by atoms with van der Waals surface area (Å²) < 4.78 is 1.79. The first-order chi connectivity index (χ1) is 12.0. The highest BCUT2D eigenvalue weighted by atomic mass is 16.4.